The molecule has 0 spiro atoms. The fraction of sp³-hybridized carbons (Fsp3) is 0.149. The molecule has 1 radical (unpaired) electrons. The number of nitrogens with zero attached hydrogens (tertiary/aromatic N) is 2. The summed E-state index contributed by atoms with van der Waals surface area (Å²) in [7, 11) is 0. The van der Waals surface area contributed by atoms with Crippen LogP contribution in [-0.2, 0) is 32.9 Å². The molecule has 3 aliphatic rings. The second-order valence-corrected chi connectivity index (χ2v) is 14.0. The molecule has 1 aliphatic carbocycles. The van der Waals surface area contributed by atoms with Crippen molar-refractivity contribution in [2.45, 2.75) is 46.5 Å². The molecule has 10 rings (SSSR count). The van der Waals surface area contributed by atoms with Gasteiger partial charge in [-0.2, -0.15) is 0 Å². The predicted molar refractivity (Wildman–Crippen MR) is 211 cm³/mol. The van der Waals surface area contributed by atoms with Crippen molar-refractivity contribution in [3.8, 4) is 56.6 Å². The minimum absolute atomic E-state index is 0. The van der Waals surface area contributed by atoms with Crippen LogP contribution < -0.4 is 25.9 Å². The number of aromatic nitrogens is 2. The van der Waals surface area contributed by atoms with Gasteiger partial charge in [0.2, 0.25) is 6.71 Å². The van der Waals surface area contributed by atoms with Crippen molar-refractivity contribution in [1.29, 1.82) is 0 Å². The molecular weight excluding hydrogens is 828 g/mol. The van der Waals surface area contributed by atoms with Crippen molar-refractivity contribution in [3.63, 3.8) is 0 Å². The monoisotopic (exact) mass is 865 g/mol. The predicted octanol–water partition coefficient (Wildman–Crippen LogP) is 9.29. The molecule has 0 atom stereocenters. The van der Waals surface area contributed by atoms with E-state index in [4.69, 9.17) is 14.5 Å². The van der Waals surface area contributed by atoms with Crippen molar-refractivity contribution in [2.24, 2.45) is 0 Å². The molecule has 0 fully saturated rings. The van der Waals surface area contributed by atoms with Crippen molar-refractivity contribution in [3.05, 3.63) is 162 Å². The number of fused-ring (bicyclic) bond motifs is 5. The Balaban J connectivity index is 0.000000160. The van der Waals surface area contributed by atoms with Gasteiger partial charge in [0.05, 0.1) is 0 Å². The summed E-state index contributed by atoms with van der Waals surface area (Å²) >= 11 is 0. The zero-order chi connectivity index (χ0) is 35.2. The van der Waals surface area contributed by atoms with Crippen LogP contribution in [0.2, 0.25) is 0 Å². The summed E-state index contributed by atoms with van der Waals surface area (Å²) in [5.74, 6) is 3.49. The molecule has 0 saturated carbocycles. The Bertz CT molecular complexity index is 2480. The van der Waals surface area contributed by atoms with Gasteiger partial charge in [-0.3, -0.25) is 0 Å². The molecule has 0 N–H and O–H groups in total. The second-order valence-electron chi connectivity index (χ2n) is 14.0. The van der Waals surface area contributed by atoms with Crippen LogP contribution >= 0.6 is 0 Å². The molecule has 2 aromatic heterocycles. The van der Waals surface area contributed by atoms with Gasteiger partial charge in [-0.1, -0.05) is 96.4 Å². The number of hydrogen-bond donors (Lipinski definition) is 0. The maximum Gasteiger partial charge on any atom is 0.241 e. The first-order chi connectivity index (χ1) is 25.5. The summed E-state index contributed by atoms with van der Waals surface area (Å²) in [5.41, 5.74) is 16.1. The van der Waals surface area contributed by atoms with Crippen LogP contribution in [0.25, 0.3) is 33.6 Å². The van der Waals surface area contributed by atoms with Crippen LogP contribution in [-0.4, -0.2) is 16.7 Å². The molecule has 2 aliphatic heterocycles. The summed E-state index contributed by atoms with van der Waals surface area (Å²) in [6.45, 7) is 6.40. The van der Waals surface area contributed by atoms with Crippen LogP contribution in [0.1, 0.15) is 40.8 Å². The van der Waals surface area contributed by atoms with Gasteiger partial charge in [0.25, 0.3) is 0 Å². The van der Waals surface area contributed by atoms with Gasteiger partial charge in [0.15, 0.2) is 0 Å². The molecule has 0 unspecified atom stereocenters. The van der Waals surface area contributed by atoms with Gasteiger partial charge in [0.1, 0.15) is 17.2 Å². The van der Waals surface area contributed by atoms with E-state index in [2.05, 4.69) is 111 Å². The molecule has 6 heteroatoms. The van der Waals surface area contributed by atoms with E-state index in [-0.39, 0.29) is 26.8 Å². The van der Waals surface area contributed by atoms with Crippen LogP contribution in [0, 0.1) is 32.9 Å². The summed E-state index contributed by atoms with van der Waals surface area (Å²) in [6, 6.07) is 46.4. The average Bonchev–Trinajstić information content (AvgIpc) is 3.19. The van der Waals surface area contributed by atoms with E-state index in [9.17, 15) is 0 Å². The van der Waals surface area contributed by atoms with E-state index in [1.54, 1.807) is 0 Å². The van der Waals surface area contributed by atoms with Crippen LogP contribution in [0.5, 0.6) is 23.0 Å². The average molecular weight is 865 g/mol. The SMILES string of the molecule is Cc1cnc(-c2[c-]cc(C)c(-c3ccccc3)c2)cc1C.[Ir].[c-]1ccc2c(c1-c1ccc3c(n1)CCCC3)Oc1cccc3c1B2c1ccccc1O3. The molecule has 5 aromatic carbocycles. The molecule has 4 heterocycles. The first-order valence-corrected chi connectivity index (χ1v) is 18.1. The van der Waals surface area contributed by atoms with Gasteiger partial charge >= 0.3 is 0 Å². The summed E-state index contributed by atoms with van der Waals surface area (Å²) in [5, 5.41) is 0. The van der Waals surface area contributed by atoms with Gasteiger partial charge in [0, 0.05) is 43.2 Å². The fourth-order valence-electron chi connectivity index (χ4n) is 7.67. The minimum Gasteiger partial charge on any atom is -0.503 e. The van der Waals surface area contributed by atoms with E-state index in [1.807, 2.05) is 48.7 Å². The zero-order valence-corrected chi connectivity index (χ0v) is 32.4. The summed E-state index contributed by atoms with van der Waals surface area (Å²) < 4.78 is 12.7. The van der Waals surface area contributed by atoms with Crippen molar-refractivity contribution in [2.75, 3.05) is 0 Å². The Morgan fingerprint density at radius 3 is 2.28 bits per heavy atom. The van der Waals surface area contributed by atoms with Gasteiger partial charge in [-0.05, 0) is 91.3 Å². The summed E-state index contributed by atoms with van der Waals surface area (Å²) in [4.78, 5) is 9.58. The van der Waals surface area contributed by atoms with E-state index < -0.39 is 0 Å². The standard InChI is InChI=1S/C27H19BNO2.C20H18N.Ir/c1-3-11-21-17(7-1)15-16-22(29-21)18-8-5-10-20-27(18)31-25-14-6-13-24-26(25)28(20)19-9-2-4-12-23(19)30-24;1-14-9-10-18(20-11-15(2)16(3)13-21-20)12-19(14)17-7-5-4-6-8-17;/h2,4-6,9-10,12-16H,1,3,7,11H2;4-9,11-13H,1-3H3;/q2*-1;. The van der Waals surface area contributed by atoms with E-state index in [1.165, 1.54) is 57.4 Å². The largest absolute Gasteiger partial charge is 0.503 e. The Kier molecular flexibility index (Phi) is 9.59. The topological polar surface area (TPSA) is 44.2 Å². The third-order valence-electron chi connectivity index (χ3n) is 10.6. The molecule has 0 saturated heterocycles. The Morgan fingerprint density at radius 2 is 1.43 bits per heavy atom. The quantitative estimate of drug-likeness (QED) is 0.131. The molecule has 261 valence electrons. The van der Waals surface area contributed by atoms with Crippen LogP contribution in [0.4, 0.5) is 0 Å². The molecule has 0 bridgehead atoms. The van der Waals surface area contributed by atoms with Gasteiger partial charge in [-0.25, -0.2) is 0 Å². The van der Waals surface area contributed by atoms with Crippen LogP contribution in [0.15, 0.2) is 121 Å². The van der Waals surface area contributed by atoms with E-state index in [0.717, 1.165) is 69.3 Å². The Labute approximate surface area is 325 Å². The number of para-hydroxylation sites is 1. The first kappa shape index (κ1) is 34.8. The summed E-state index contributed by atoms with van der Waals surface area (Å²) in [6.07, 6.45) is 6.59. The number of hydrogen-bond acceptors (Lipinski definition) is 4. The number of rotatable bonds is 3. The fourth-order valence-corrected chi connectivity index (χ4v) is 7.67. The maximum absolute atomic E-state index is 6.52. The minimum atomic E-state index is 0. The molecule has 4 nitrogen and oxygen atoms in total. The van der Waals surface area contributed by atoms with Crippen molar-refractivity contribution in [1.82, 2.24) is 9.97 Å². The normalized spacial score (nSPS) is 13.0. The third-order valence-corrected chi connectivity index (χ3v) is 10.6. The number of benzene rings is 5. The van der Waals surface area contributed by atoms with Crippen molar-refractivity contribution >= 4 is 23.1 Å². The Morgan fingerprint density at radius 1 is 0.660 bits per heavy atom. The van der Waals surface area contributed by atoms with E-state index >= 15 is 0 Å². The van der Waals surface area contributed by atoms with Gasteiger partial charge < -0.3 is 19.4 Å². The maximum atomic E-state index is 6.52. The molecule has 53 heavy (non-hydrogen) atoms. The molecule has 7 aromatic rings. The zero-order valence-electron chi connectivity index (χ0n) is 30.0. The Hall–Kier alpha value is -5.29. The number of pyridine rings is 2. The molecular formula is C47H37BIrN2O2-2. The van der Waals surface area contributed by atoms with Gasteiger partial charge in [-0.15, -0.1) is 53.0 Å². The first-order valence-electron chi connectivity index (χ1n) is 18.1. The second kappa shape index (κ2) is 14.6. The van der Waals surface area contributed by atoms with Crippen LogP contribution in [0.3, 0.4) is 0 Å². The third kappa shape index (κ3) is 6.52. The van der Waals surface area contributed by atoms with E-state index in [0.29, 0.717) is 0 Å². The number of ether oxygens (including phenoxy) is 2. The molecule has 0 amide bonds. The smallest absolute Gasteiger partial charge is 0.241 e. The number of aryl methyl sites for hydroxylation is 5. The van der Waals surface area contributed by atoms with Crippen molar-refractivity contribution < 1.29 is 29.6 Å².